The topological polar surface area (TPSA) is 88.5 Å². The van der Waals surface area contributed by atoms with Crippen LogP contribution in [-0.2, 0) is 6.42 Å². The number of nitrogens with two attached hydrogens (primary N) is 1. The first-order valence-electron chi connectivity index (χ1n) is 5.12. The highest BCUT2D eigenvalue weighted by Gasteiger charge is 2.07. The SMILES string of the molecule is Cc1ccc(Cc2nc(N)ncc2C#N)nc1. The van der Waals surface area contributed by atoms with E-state index in [0.29, 0.717) is 17.7 Å². The molecule has 0 saturated carbocycles. The quantitative estimate of drug-likeness (QED) is 0.830. The Kier molecular flexibility index (Phi) is 2.97. The number of nitrogens with zero attached hydrogens (tertiary/aromatic N) is 4. The van der Waals surface area contributed by atoms with E-state index < -0.39 is 0 Å². The standard InChI is InChI=1S/C12H11N5/c1-8-2-3-10(15-6-8)4-11-9(5-13)7-16-12(14)17-11/h2-3,6-7H,4H2,1H3,(H2,14,16,17). The minimum atomic E-state index is 0.172. The van der Waals surface area contributed by atoms with E-state index in [1.54, 1.807) is 6.20 Å². The molecule has 5 heteroatoms. The highest BCUT2D eigenvalue weighted by molar-refractivity contribution is 5.36. The van der Waals surface area contributed by atoms with Gasteiger partial charge in [-0.1, -0.05) is 6.07 Å². The molecule has 0 unspecified atom stereocenters. The summed E-state index contributed by atoms with van der Waals surface area (Å²) in [4.78, 5) is 12.1. The van der Waals surface area contributed by atoms with Crippen molar-refractivity contribution in [3.8, 4) is 6.07 Å². The molecule has 0 saturated heterocycles. The lowest BCUT2D eigenvalue weighted by Crippen LogP contribution is -2.03. The molecule has 0 aromatic carbocycles. The van der Waals surface area contributed by atoms with Crippen molar-refractivity contribution in [2.75, 3.05) is 5.73 Å². The molecule has 0 radical (unpaired) electrons. The van der Waals surface area contributed by atoms with Gasteiger partial charge in [0.1, 0.15) is 6.07 Å². The molecule has 5 nitrogen and oxygen atoms in total. The smallest absolute Gasteiger partial charge is 0.220 e. The summed E-state index contributed by atoms with van der Waals surface area (Å²) in [7, 11) is 0. The molecule has 2 aromatic rings. The lowest BCUT2D eigenvalue weighted by Gasteiger charge is -2.03. The van der Waals surface area contributed by atoms with Crippen LogP contribution in [0.2, 0.25) is 0 Å². The van der Waals surface area contributed by atoms with Gasteiger partial charge in [-0.15, -0.1) is 0 Å². The van der Waals surface area contributed by atoms with Gasteiger partial charge in [0.05, 0.1) is 17.5 Å². The second-order valence-electron chi connectivity index (χ2n) is 3.70. The minimum Gasteiger partial charge on any atom is -0.368 e. The second-order valence-corrected chi connectivity index (χ2v) is 3.70. The number of hydrogen-bond donors (Lipinski definition) is 1. The Balaban J connectivity index is 2.32. The van der Waals surface area contributed by atoms with Crippen LogP contribution in [-0.4, -0.2) is 15.0 Å². The van der Waals surface area contributed by atoms with Gasteiger partial charge in [-0.2, -0.15) is 5.26 Å². The number of hydrogen-bond acceptors (Lipinski definition) is 5. The van der Waals surface area contributed by atoms with Gasteiger partial charge in [0, 0.05) is 18.3 Å². The van der Waals surface area contributed by atoms with Crippen molar-refractivity contribution in [1.82, 2.24) is 15.0 Å². The number of anilines is 1. The van der Waals surface area contributed by atoms with E-state index in [1.807, 2.05) is 25.1 Å². The summed E-state index contributed by atoms with van der Waals surface area (Å²) in [5.74, 6) is 0.172. The Morgan fingerprint density at radius 3 is 2.76 bits per heavy atom. The summed E-state index contributed by atoms with van der Waals surface area (Å²) in [6, 6.07) is 5.93. The maximum absolute atomic E-state index is 8.94. The number of rotatable bonds is 2. The number of aromatic nitrogens is 3. The van der Waals surface area contributed by atoms with Gasteiger partial charge in [0.15, 0.2) is 0 Å². The molecule has 2 N–H and O–H groups in total. The van der Waals surface area contributed by atoms with Crippen molar-refractivity contribution >= 4 is 5.95 Å². The Morgan fingerprint density at radius 2 is 2.12 bits per heavy atom. The zero-order chi connectivity index (χ0) is 12.3. The molecule has 0 fully saturated rings. The predicted octanol–water partition coefficient (Wildman–Crippen LogP) is 1.22. The summed E-state index contributed by atoms with van der Waals surface area (Å²) in [5.41, 5.74) is 8.49. The molecular weight excluding hydrogens is 214 g/mol. The zero-order valence-corrected chi connectivity index (χ0v) is 9.38. The van der Waals surface area contributed by atoms with Crippen LogP contribution >= 0.6 is 0 Å². The van der Waals surface area contributed by atoms with E-state index in [0.717, 1.165) is 11.3 Å². The maximum atomic E-state index is 8.94. The first-order valence-corrected chi connectivity index (χ1v) is 5.12. The van der Waals surface area contributed by atoms with Crippen LogP contribution in [0.4, 0.5) is 5.95 Å². The van der Waals surface area contributed by atoms with Crippen LogP contribution in [0, 0.1) is 18.3 Å². The molecule has 0 atom stereocenters. The number of aryl methyl sites for hydroxylation is 1. The molecule has 17 heavy (non-hydrogen) atoms. The van der Waals surface area contributed by atoms with E-state index >= 15 is 0 Å². The van der Waals surface area contributed by atoms with Gasteiger partial charge in [-0.3, -0.25) is 4.98 Å². The molecule has 84 valence electrons. The van der Waals surface area contributed by atoms with Crippen molar-refractivity contribution in [3.05, 3.63) is 47.0 Å². The van der Waals surface area contributed by atoms with Crippen LogP contribution in [0.1, 0.15) is 22.5 Å². The Labute approximate surface area is 99.0 Å². The molecule has 0 aliphatic rings. The Bertz CT molecular complexity index is 568. The van der Waals surface area contributed by atoms with Gasteiger partial charge < -0.3 is 5.73 Å². The average Bonchev–Trinajstić information content (AvgIpc) is 2.32. The first kappa shape index (κ1) is 11.0. The molecule has 0 amide bonds. The van der Waals surface area contributed by atoms with E-state index in [1.165, 1.54) is 6.20 Å². The molecule has 2 heterocycles. The van der Waals surface area contributed by atoms with Gasteiger partial charge in [-0.05, 0) is 18.6 Å². The summed E-state index contributed by atoms with van der Waals surface area (Å²) < 4.78 is 0. The van der Waals surface area contributed by atoms with E-state index in [9.17, 15) is 0 Å². The van der Waals surface area contributed by atoms with Crippen molar-refractivity contribution in [2.45, 2.75) is 13.3 Å². The Hall–Kier alpha value is -2.48. The van der Waals surface area contributed by atoms with Crippen LogP contribution in [0.15, 0.2) is 24.5 Å². The Morgan fingerprint density at radius 1 is 1.29 bits per heavy atom. The fourth-order valence-corrected chi connectivity index (χ4v) is 1.44. The number of nitriles is 1. The van der Waals surface area contributed by atoms with E-state index in [2.05, 4.69) is 15.0 Å². The number of pyridine rings is 1. The van der Waals surface area contributed by atoms with Crippen molar-refractivity contribution < 1.29 is 0 Å². The van der Waals surface area contributed by atoms with Gasteiger partial charge >= 0.3 is 0 Å². The molecule has 0 aliphatic carbocycles. The minimum absolute atomic E-state index is 0.172. The second kappa shape index (κ2) is 4.58. The van der Waals surface area contributed by atoms with Crippen molar-refractivity contribution in [1.29, 1.82) is 5.26 Å². The zero-order valence-electron chi connectivity index (χ0n) is 9.38. The third-order valence-electron chi connectivity index (χ3n) is 2.33. The maximum Gasteiger partial charge on any atom is 0.220 e. The van der Waals surface area contributed by atoms with Gasteiger partial charge in [0.2, 0.25) is 5.95 Å². The van der Waals surface area contributed by atoms with Crippen LogP contribution in [0.3, 0.4) is 0 Å². The van der Waals surface area contributed by atoms with Crippen LogP contribution in [0.5, 0.6) is 0 Å². The largest absolute Gasteiger partial charge is 0.368 e. The summed E-state index contributed by atoms with van der Waals surface area (Å²) >= 11 is 0. The lowest BCUT2D eigenvalue weighted by atomic mass is 10.1. The molecule has 0 spiro atoms. The first-order chi connectivity index (χ1) is 8.19. The van der Waals surface area contributed by atoms with Crippen LogP contribution < -0.4 is 5.73 Å². The summed E-state index contributed by atoms with van der Waals surface area (Å²) in [6.45, 7) is 1.97. The normalized spacial score (nSPS) is 9.88. The highest BCUT2D eigenvalue weighted by atomic mass is 15.0. The number of nitrogen functional groups attached to an aromatic ring is 1. The van der Waals surface area contributed by atoms with Gasteiger partial charge in [-0.25, -0.2) is 9.97 Å². The van der Waals surface area contributed by atoms with Crippen molar-refractivity contribution in [3.63, 3.8) is 0 Å². The summed E-state index contributed by atoms with van der Waals surface area (Å²) in [5, 5.41) is 8.94. The third-order valence-corrected chi connectivity index (χ3v) is 2.33. The summed E-state index contributed by atoms with van der Waals surface area (Å²) in [6.07, 6.45) is 3.70. The predicted molar refractivity (Wildman–Crippen MR) is 62.9 cm³/mol. The monoisotopic (exact) mass is 225 g/mol. The molecule has 2 aromatic heterocycles. The van der Waals surface area contributed by atoms with E-state index in [-0.39, 0.29) is 5.95 Å². The average molecular weight is 225 g/mol. The van der Waals surface area contributed by atoms with E-state index in [4.69, 9.17) is 11.0 Å². The fourth-order valence-electron chi connectivity index (χ4n) is 1.44. The lowest BCUT2D eigenvalue weighted by molar-refractivity contribution is 0.981. The fraction of sp³-hybridized carbons (Fsp3) is 0.167. The third kappa shape index (κ3) is 2.55. The molecular formula is C12H11N5. The molecule has 0 bridgehead atoms. The van der Waals surface area contributed by atoms with Crippen LogP contribution in [0.25, 0.3) is 0 Å². The molecule has 0 aliphatic heterocycles. The van der Waals surface area contributed by atoms with Crippen molar-refractivity contribution in [2.24, 2.45) is 0 Å². The molecule has 2 rings (SSSR count). The highest BCUT2D eigenvalue weighted by Crippen LogP contribution is 2.10. The van der Waals surface area contributed by atoms with Gasteiger partial charge in [0.25, 0.3) is 0 Å².